The van der Waals surface area contributed by atoms with Crippen molar-refractivity contribution in [3.63, 3.8) is 0 Å². The number of amides is 2. The van der Waals surface area contributed by atoms with Gasteiger partial charge < -0.3 is 15.3 Å². The van der Waals surface area contributed by atoms with Crippen molar-refractivity contribution >= 4 is 11.8 Å². The molecule has 0 bridgehead atoms. The van der Waals surface area contributed by atoms with Crippen LogP contribution in [0.5, 0.6) is 5.75 Å². The van der Waals surface area contributed by atoms with Gasteiger partial charge in [-0.15, -0.1) is 0 Å². The van der Waals surface area contributed by atoms with Gasteiger partial charge in [0.2, 0.25) is 5.91 Å². The first-order chi connectivity index (χ1) is 9.97. The zero-order valence-corrected chi connectivity index (χ0v) is 12.5. The van der Waals surface area contributed by atoms with E-state index in [9.17, 15) is 14.7 Å². The molecule has 1 saturated heterocycles. The summed E-state index contributed by atoms with van der Waals surface area (Å²) in [5, 5.41) is 12.4. The maximum atomic E-state index is 12.3. The summed E-state index contributed by atoms with van der Waals surface area (Å²) in [4.78, 5) is 25.8. The highest BCUT2D eigenvalue weighted by atomic mass is 16.3. The molecule has 2 rings (SSSR count). The molecule has 1 fully saturated rings. The molecule has 21 heavy (non-hydrogen) atoms. The maximum absolute atomic E-state index is 12.3. The van der Waals surface area contributed by atoms with E-state index in [1.165, 1.54) is 6.07 Å². The van der Waals surface area contributed by atoms with Crippen LogP contribution in [0, 0.1) is 5.92 Å². The number of hydrogen-bond donors (Lipinski definition) is 2. The van der Waals surface area contributed by atoms with Crippen LogP contribution in [0.25, 0.3) is 0 Å². The van der Waals surface area contributed by atoms with Crippen LogP contribution in [0.2, 0.25) is 0 Å². The molecule has 5 heteroatoms. The Kier molecular flexibility index (Phi) is 4.83. The van der Waals surface area contributed by atoms with Crippen LogP contribution in [0.1, 0.15) is 37.0 Å². The topological polar surface area (TPSA) is 69.6 Å². The third kappa shape index (κ3) is 3.97. The third-order valence-electron chi connectivity index (χ3n) is 3.75. The maximum Gasteiger partial charge on any atom is 0.253 e. The van der Waals surface area contributed by atoms with Crippen molar-refractivity contribution in [1.82, 2.24) is 10.2 Å². The Bertz CT molecular complexity index is 520. The summed E-state index contributed by atoms with van der Waals surface area (Å²) < 4.78 is 0. The molecule has 0 spiro atoms. The number of aromatic hydroxyl groups is 1. The summed E-state index contributed by atoms with van der Waals surface area (Å²) >= 11 is 0. The van der Waals surface area contributed by atoms with E-state index < -0.39 is 0 Å². The second kappa shape index (κ2) is 6.61. The van der Waals surface area contributed by atoms with Gasteiger partial charge in [0, 0.05) is 30.6 Å². The first-order valence-electron chi connectivity index (χ1n) is 7.36. The van der Waals surface area contributed by atoms with Crippen molar-refractivity contribution in [2.75, 3.05) is 13.1 Å². The van der Waals surface area contributed by atoms with Gasteiger partial charge in [0.15, 0.2) is 0 Å². The number of likely N-dealkylation sites (tertiary alicyclic amines) is 1. The van der Waals surface area contributed by atoms with E-state index in [0.717, 1.165) is 12.8 Å². The van der Waals surface area contributed by atoms with Gasteiger partial charge in [0.1, 0.15) is 5.75 Å². The number of carbonyl (C=O) groups excluding carboxylic acids is 2. The number of rotatable bonds is 3. The number of nitrogens with one attached hydrogen (secondary N) is 1. The molecule has 2 N–H and O–H groups in total. The minimum absolute atomic E-state index is 0.0167. The summed E-state index contributed by atoms with van der Waals surface area (Å²) in [6, 6.07) is 6.54. The number of benzene rings is 1. The lowest BCUT2D eigenvalue weighted by atomic mass is 10.0. The van der Waals surface area contributed by atoms with E-state index in [0.29, 0.717) is 18.7 Å². The molecular weight excluding hydrogens is 268 g/mol. The lowest BCUT2D eigenvalue weighted by molar-refractivity contribution is -0.124. The number of piperidine rings is 1. The quantitative estimate of drug-likeness (QED) is 0.891. The molecule has 114 valence electrons. The Morgan fingerprint density at radius 3 is 2.52 bits per heavy atom. The third-order valence-corrected chi connectivity index (χ3v) is 3.75. The number of phenolic OH excluding ortho intramolecular Hbond substituents is 1. The van der Waals surface area contributed by atoms with Gasteiger partial charge in [0.25, 0.3) is 5.91 Å². The van der Waals surface area contributed by atoms with Crippen LogP contribution < -0.4 is 5.32 Å². The molecule has 1 aromatic rings. The molecule has 1 aliphatic heterocycles. The highest BCUT2D eigenvalue weighted by Crippen LogP contribution is 2.17. The molecule has 0 aromatic heterocycles. The smallest absolute Gasteiger partial charge is 0.253 e. The van der Waals surface area contributed by atoms with Gasteiger partial charge in [-0.1, -0.05) is 19.9 Å². The average Bonchev–Trinajstić information content (AvgIpc) is 2.47. The Morgan fingerprint density at radius 2 is 1.95 bits per heavy atom. The lowest BCUT2D eigenvalue weighted by Gasteiger charge is -2.32. The van der Waals surface area contributed by atoms with Crippen LogP contribution in [-0.4, -0.2) is 41.0 Å². The summed E-state index contributed by atoms with van der Waals surface area (Å²) in [7, 11) is 0. The summed E-state index contributed by atoms with van der Waals surface area (Å²) in [6.45, 7) is 4.99. The van der Waals surface area contributed by atoms with Gasteiger partial charge in [-0.3, -0.25) is 9.59 Å². The van der Waals surface area contributed by atoms with E-state index in [1.54, 1.807) is 23.1 Å². The van der Waals surface area contributed by atoms with E-state index >= 15 is 0 Å². The lowest BCUT2D eigenvalue weighted by Crippen LogP contribution is -2.47. The van der Waals surface area contributed by atoms with E-state index in [2.05, 4.69) is 5.32 Å². The van der Waals surface area contributed by atoms with Gasteiger partial charge in [-0.25, -0.2) is 0 Å². The van der Waals surface area contributed by atoms with Crippen molar-refractivity contribution in [3.8, 4) is 5.75 Å². The monoisotopic (exact) mass is 290 g/mol. The predicted molar refractivity (Wildman–Crippen MR) is 80.0 cm³/mol. The normalized spacial score (nSPS) is 16.0. The largest absolute Gasteiger partial charge is 0.508 e. The van der Waals surface area contributed by atoms with Crippen molar-refractivity contribution < 1.29 is 14.7 Å². The Hall–Kier alpha value is -2.04. The summed E-state index contributed by atoms with van der Waals surface area (Å²) in [5.41, 5.74) is 0.500. The van der Waals surface area contributed by atoms with Crippen LogP contribution in [-0.2, 0) is 4.79 Å². The van der Waals surface area contributed by atoms with E-state index in [-0.39, 0.29) is 29.5 Å². The van der Waals surface area contributed by atoms with Gasteiger partial charge in [-0.05, 0) is 31.0 Å². The molecular formula is C16H22N2O3. The predicted octanol–water partition coefficient (Wildman–Crippen LogP) is 1.77. The number of phenols is 1. The molecule has 1 aromatic carbocycles. The number of carbonyl (C=O) groups is 2. The summed E-state index contributed by atoms with van der Waals surface area (Å²) in [5.74, 6) is 0.0733. The molecule has 0 aliphatic carbocycles. The highest BCUT2D eigenvalue weighted by molar-refractivity contribution is 5.94. The van der Waals surface area contributed by atoms with Crippen molar-refractivity contribution in [2.24, 2.45) is 5.92 Å². The van der Waals surface area contributed by atoms with Gasteiger partial charge in [-0.2, -0.15) is 0 Å². The highest BCUT2D eigenvalue weighted by Gasteiger charge is 2.25. The van der Waals surface area contributed by atoms with Crippen LogP contribution in [0.4, 0.5) is 0 Å². The van der Waals surface area contributed by atoms with E-state index in [1.807, 2.05) is 13.8 Å². The fraction of sp³-hybridized carbons (Fsp3) is 0.500. The van der Waals surface area contributed by atoms with Crippen LogP contribution in [0.3, 0.4) is 0 Å². The number of nitrogens with zero attached hydrogens (tertiary/aromatic N) is 1. The zero-order valence-electron chi connectivity index (χ0n) is 12.5. The van der Waals surface area contributed by atoms with Crippen molar-refractivity contribution in [3.05, 3.63) is 29.8 Å². The molecule has 0 atom stereocenters. The standard InChI is InChI=1S/C16H22N2O3/c1-11(2)15(20)17-13-6-8-18(9-7-13)16(21)12-4-3-5-14(19)10-12/h3-5,10-11,13,19H,6-9H2,1-2H3,(H,17,20). The Morgan fingerprint density at radius 1 is 1.29 bits per heavy atom. The number of hydrogen-bond acceptors (Lipinski definition) is 3. The average molecular weight is 290 g/mol. The van der Waals surface area contributed by atoms with E-state index in [4.69, 9.17) is 0 Å². The minimum atomic E-state index is -0.0699. The second-order valence-electron chi connectivity index (χ2n) is 5.78. The fourth-order valence-corrected chi connectivity index (χ4v) is 2.42. The molecule has 0 unspecified atom stereocenters. The molecule has 5 nitrogen and oxygen atoms in total. The SMILES string of the molecule is CC(C)C(=O)NC1CCN(C(=O)c2cccc(O)c2)CC1. The first-order valence-corrected chi connectivity index (χ1v) is 7.36. The molecule has 0 saturated carbocycles. The molecule has 1 aliphatic rings. The first kappa shape index (κ1) is 15.4. The van der Waals surface area contributed by atoms with Gasteiger partial charge >= 0.3 is 0 Å². The summed E-state index contributed by atoms with van der Waals surface area (Å²) in [6.07, 6.45) is 1.53. The zero-order chi connectivity index (χ0) is 15.4. The molecule has 1 heterocycles. The molecule has 2 amide bonds. The Labute approximate surface area is 125 Å². The van der Waals surface area contributed by atoms with Crippen LogP contribution >= 0.6 is 0 Å². The minimum Gasteiger partial charge on any atom is -0.508 e. The van der Waals surface area contributed by atoms with Crippen molar-refractivity contribution in [1.29, 1.82) is 0 Å². The fourth-order valence-electron chi connectivity index (χ4n) is 2.42. The second-order valence-corrected chi connectivity index (χ2v) is 5.78. The van der Waals surface area contributed by atoms with Crippen molar-refractivity contribution in [2.45, 2.75) is 32.7 Å². The Balaban J connectivity index is 1.89. The van der Waals surface area contributed by atoms with Gasteiger partial charge in [0.05, 0.1) is 0 Å². The molecule has 0 radical (unpaired) electrons. The van der Waals surface area contributed by atoms with Crippen LogP contribution in [0.15, 0.2) is 24.3 Å².